The van der Waals surface area contributed by atoms with E-state index in [-0.39, 0.29) is 26.4 Å². The molecule has 0 fully saturated rings. The summed E-state index contributed by atoms with van der Waals surface area (Å²) >= 11 is 12.6. The van der Waals surface area contributed by atoms with Crippen LogP contribution in [0.25, 0.3) is 0 Å². The SMILES string of the molecule is CCOC(=O)C(Cl)(Cc1cc(CC(Cl)(C(=O)OCC)C(=O)OCC)c([N+](=O)[O-])cc1[N+](=O)[O-])C(=O)OCC. The number of halogens is 2. The number of carbonyl (C=O) groups excluding carboxylic acids is 4. The van der Waals surface area contributed by atoms with Crippen LogP contribution in [0.5, 0.6) is 0 Å². The fourth-order valence-electron chi connectivity index (χ4n) is 3.26. The first-order valence-electron chi connectivity index (χ1n) is 11.2. The Balaban J connectivity index is 3.88. The van der Waals surface area contributed by atoms with Crippen molar-refractivity contribution in [3.8, 4) is 0 Å². The number of hydrogen-bond acceptors (Lipinski definition) is 12. The van der Waals surface area contributed by atoms with Gasteiger partial charge >= 0.3 is 23.9 Å². The zero-order chi connectivity index (χ0) is 29.3. The average molecular weight is 581 g/mol. The van der Waals surface area contributed by atoms with Gasteiger partial charge in [0, 0.05) is 24.0 Å². The minimum absolute atomic E-state index is 0.200. The Hall–Kier alpha value is -3.52. The molecule has 38 heavy (non-hydrogen) atoms. The van der Waals surface area contributed by atoms with Crippen LogP contribution in [0.1, 0.15) is 38.8 Å². The van der Waals surface area contributed by atoms with Gasteiger partial charge in [-0.15, -0.1) is 0 Å². The molecule has 0 atom stereocenters. The Morgan fingerprint density at radius 2 is 0.921 bits per heavy atom. The molecule has 0 aliphatic heterocycles. The number of hydrogen-bond donors (Lipinski definition) is 0. The molecule has 0 saturated carbocycles. The van der Waals surface area contributed by atoms with Gasteiger partial charge in [0.2, 0.25) is 9.75 Å². The highest BCUT2D eigenvalue weighted by molar-refractivity contribution is 6.45. The summed E-state index contributed by atoms with van der Waals surface area (Å²) in [5.74, 6) is -5.11. The number of nitrogens with zero attached hydrogens (tertiary/aromatic N) is 2. The zero-order valence-corrected chi connectivity index (χ0v) is 22.5. The number of rotatable bonds is 14. The molecule has 0 unspecified atom stereocenters. The summed E-state index contributed by atoms with van der Waals surface area (Å²) in [6.45, 7) is 4.91. The number of esters is 4. The Labute approximate surface area is 226 Å². The molecule has 0 aromatic heterocycles. The van der Waals surface area contributed by atoms with Crippen LogP contribution in [-0.4, -0.2) is 69.9 Å². The van der Waals surface area contributed by atoms with Gasteiger partial charge < -0.3 is 18.9 Å². The third-order valence-electron chi connectivity index (χ3n) is 4.94. The van der Waals surface area contributed by atoms with Crippen LogP contribution in [0.15, 0.2) is 12.1 Å². The Morgan fingerprint density at radius 1 is 0.658 bits per heavy atom. The van der Waals surface area contributed by atoms with E-state index in [1.807, 2.05) is 0 Å². The first-order chi connectivity index (χ1) is 17.7. The van der Waals surface area contributed by atoms with Crippen molar-refractivity contribution in [3.05, 3.63) is 43.5 Å². The highest BCUT2D eigenvalue weighted by Crippen LogP contribution is 2.37. The van der Waals surface area contributed by atoms with Crippen molar-refractivity contribution < 1.29 is 48.0 Å². The maximum atomic E-state index is 12.6. The number of benzene rings is 1. The van der Waals surface area contributed by atoms with Gasteiger partial charge in [0.25, 0.3) is 11.4 Å². The largest absolute Gasteiger partial charge is 0.464 e. The van der Waals surface area contributed by atoms with Crippen molar-refractivity contribution in [1.82, 2.24) is 0 Å². The fraction of sp³-hybridized carbons (Fsp3) is 0.545. The summed E-state index contributed by atoms with van der Waals surface area (Å²) < 4.78 is 19.4. The zero-order valence-electron chi connectivity index (χ0n) is 20.9. The standard InChI is InChI=1S/C22H26Cl2N2O12/c1-5-35-17(27)21(23,18(28)36-6-2)11-13-9-14(16(26(33)34)10-15(13)25(31)32)12-22(24,19(29)37-7-3)20(30)38-8-4/h9-10H,5-8,11-12H2,1-4H3. The van der Waals surface area contributed by atoms with Crippen LogP contribution in [-0.2, 0) is 51.0 Å². The number of alkyl halides is 2. The van der Waals surface area contributed by atoms with Gasteiger partial charge in [0.05, 0.1) is 42.3 Å². The lowest BCUT2D eigenvalue weighted by molar-refractivity contribution is -0.395. The molecule has 0 aliphatic rings. The van der Waals surface area contributed by atoms with E-state index in [0.717, 1.165) is 6.07 Å². The van der Waals surface area contributed by atoms with E-state index in [1.54, 1.807) is 0 Å². The number of ether oxygens (including phenoxy) is 4. The van der Waals surface area contributed by atoms with Crippen LogP contribution in [0.2, 0.25) is 0 Å². The molecule has 1 aromatic carbocycles. The molecule has 0 bridgehead atoms. The van der Waals surface area contributed by atoms with Crippen molar-refractivity contribution in [2.75, 3.05) is 26.4 Å². The minimum atomic E-state index is -2.61. The highest BCUT2D eigenvalue weighted by Gasteiger charge is 2.51. The normalized spacial score (nSPS) is 11.3. The van der Waals surface area contributed by atoms with E-state index in [0.29, 0.717) is 6.07 Å². The lowest BCUT2D eigenvalue weighted by atomic mass is 9.91. The molecule has 0 N–H and O–H groups in total. The maximum Gasteiger partial charge on any atom is 0.339 e. The molecule has 210 valence electrons. The Morgan fingerprint density at radius 3 is 1.13 bits per heavy atom. The number of nitro benzene ring substituents is 2. The second-order valence-corrected chi connectivity index (χ2v) is 8.75. The van der Waals surface area contributed by atoms with Crippen LogP contribution >= 0.6 is 23.2 Å². The Bertz CT molecular complexity index is 991. The molecular weight excluding hydrogens is 555 g/mol. The van der Waals surface area contributed by atoms with E-state index in [9.17, 15) is 39.4 Å². The van der Waals surface area contributed by atoms with Gasteiger partial charge in [-0.05, 0) is 33.8 Å². The molecule has 0 spiro atoms. The van der Waals surface area contributed by atoms with Crippen molar-refractivity contribution in [2.24, 2.45) is 0 Å². The van der Waals surface area contributed by atoms with Crippen molar-refractivity contribution in [1.29, 1.82) is 0 Å². The molecular formula is C22H26Cl2N2O12. The predicted molar refractivity (Wildman–Crippen MR) is 131 cm³/mol. The third-order valence-corrected chi connectivity index (χ3v) is 5.82. The smallest absolute Gasteiger partial charge is 0.339 e. The van der Waals surface area contributed by atoms with E-state index in [1.165, 1.54) is 27.7 Å². The summed E-state index contributed by atoms with van der Waals surface area (Å²) in [4.78, 5) is 66.8. The van der Waals surface area contributed by atoms with Crippen LogP contribution in [0, 0.1) is 20.2 Å². The summed E-state index contributed by atoms with van der Waals surface area (Å²) in [5.41, 5.74) is -2.66. The van der Waals surface area contributed by atoms with Gasteiger partial charge in [0.15, 0.2) is 0 Å². The second-order valence-electron chi connectivity index (χ2n) is 7.46. The summed E-state index contributed by atoms with van der Waals surface area (Å²) in [6.07, 6.45) is -1.80. The lowest BCUT2D eigenvalue weighted by Gasteiger charge is -2.24. The minimum Gasteiger partial charge on any atom is -0.464 e. The number of carbonyl (C=O) groups is 4. The lowest BCUT2D eigenvalue weighted by Crippen LogP contribution is -2.46. The molecule has 14 nitrogen and oxygen atoms in total. The molecule has 0 saturated heterocycles. The average Bonchev–Trinajstić information content (AvgIpc) is 2.84. The predicted octanol–water partition coefficient (Wildman–Crippen LogP) is 2.80. The van der Waals surface area contributed by atoms with Crippen LogP contribution in [0.3, 0.4) is 0 Å². The van der Waals surface area contributed by atoms with Crippen LogP contribution < -0.4 is 0 Å². The topological polar surface area (TPSA) is 191 Å². The molecule has 1 aromatic rings. The second kappa shape index (κ2) is 13.9. The molecule has 0 radical (unpaired) electrons. The van der Waals surface area contributed by atoms with Crippen molar-refractivity contribution in [3.63, 3.8) is 0 Å². The number of nitro groups is 2. The van der Waals surface area contributed by atoms with E-state index in [4.69, 9.17) is 42.1 Å². The summed E-state index contributed by atoms with van der Waals surface area (Å²) in [5, 5.41) is 23.6. The van der Waals surface area contributed by atoms with E-state index >= 15 is 0 Å². The van der Waals surface area contributed by atoms with E-state index < -0.39 is 78.8 Å². The van der Waals surface area contributed by atoms with Gasteiger partial charge in [-0.1, -0.05) is 23.2 Å². The quantitative estimate of drug-likeness (QED) is 0.0780. The maximum absolute atomic E-state index is 12.6. The summed E-state index contributed by atoms with van der Waals surface area (Å²) in [6, 6.07) is 1.38. The third kappa shape index (κ3) is 7.28. The van der Waals surface area contributed by atoms with Gasteiger partial charge in [-0.25, -0.2) is 19.2 Å². The van der Waals surface area contributed by atoms with Gasteiger partial charge in [-0.3, -0.25) is 20.2 Å². The molecule has 0 heterocycles. The van der Waals surface area contributed by atoms with Crippen molar-refractivity contribution in [2.45, 2.75) is 50.3 Å². The molecule has 0 amide bonds. The molecule has 16 heteroatoms. The first-order valence-corrected chi connectivity index (χ1v) is 12.0. The fourth-order valence-corrected chi connectivity index (χ4v) is 3.76. The first kappa shape index (κ1) is 32.5. The molecule has 1 rings (SSSR count). The van der Waals surface area contributed by atoms with E-state index in [2.05, 4.69) is 0 Å². The van der Waals surface area contributed by atoms with Gasteiger partial charge in [0.1, 0.15) is 0 Å². The monoisotopic (exact) mass is 580 g/mol. The van der Waals surface area contributed by atoms with Gasteiger partial charge in [-0.2, -0.15) is 0 Å². The van der Waals surface area contributed by atoms with Crippen molar-refractivity contribution >= 4 is 58.5 Å². The highest BCUT2D eigenvalue weighted by atomic mass is 35.5. The summed E-state index contributed by atoms with van der Waals surface area (Å²) in [7, 11) is 0. The van der Waals surface area contributed by atoms with Crippen LogP contribution in [0.4, 0.5) is 11.4 Å². The Kier molecular flexibility index (Phi) is 11.9. The molecule has 0 aliphatic carbocycles.